The molecule has 0 saturated carbocycles. The van der Waals surface area contributed by atoms with Crippen LogP contribution in [0.2, 0.25) is 0 Å². The summed E-state index contributed by atoms with van der Waals surface area (Å²) in [7, 11) is -4.75. The largest absolute Gasteiger partial charge is 0.478 e. The van der Waals surface area contributed by atoms with Gasteiger partial charge in [-0.15, -0.1) is 0 Å². The zero-order chi connectivity index (χ0) is 24.8. The van der Waals surface area contributed by atoms with Gasteiger partial charge in [-0.05, 0) is 30.7 Å². The van der Waals surface area contributed by atoms with Crippen LogP contribution in [0.15, 0.2) is 47.4 Å². The Balaban J connectivity index is 2.82. The van der Waals surface area contributed by atoms with Crippen LogP contribution in [0.1, 0.15) is 30.1 Å². The van der Waals surface area contributed by atoms with Crippen LogP contribution < -0.4 is 9.64 Å². The van der Waals surface area contributed by atoms with Gasteiger partial charge in [0, 0.05) is 33.4 Å². The fourth-order valence-electron chi connectivity index (χ4n) is 3.02. The van der Waals surface area contributed by atoms with Crippen molar-refractivity contribution in [3.05, 3.63) is 48.0 Å². The zero-order valence-corrected chi connectivity index (χ0v) is 20.8. The summed E-state index contributed by atoms with van der Waals surface area (Å²) in [6.07, 6.45) is 2.59. The van der Waals surface area contributed by atoms with E-state index in [1.165, 1.54) is 20.2 Å². The highest BCUT2D eigenvalue weighted by molar-refractivity contribution is 7.90. The Morgan fingerprint density at radius 3 is 2.18 bits per heavy atom. The van der Waals surface area contributed by atoms with E-state index < -0.39 is 25.8 Å². The van der Waals surface area contributed by atoms with Gasteiger partial charge in [-0.3, -0.25) is 0 Å². The molecule has 0 amide bonds. The van der Waals surface area contributed by atoms with Crippen molar-refractivity contribution in [2.45, 2.75) is 24.7 Å². The molecule has 182 valence electrons. The number of hydrogen-bond donors (Lipinski definition) is 1. The van der Waals surface area contributed by atoms with E-state index in [1.807, 2.05) is 6.92 Å². The van der Waals surface area contributed by atoms with Crippen molar-refractivity contribution >= 4 is 31.5 Å². The first-order valence-corrected chi connectivity index (χ1v) is 13.9. The molecule has 2 rings (SSSR count). The first-order chi connectivity index (χ1) is 15.4. The molecule has 0 aliphatic carbocycles. The number of rotatable bonds is 12. The number of sulfone groups is 1. The van der Waals surface area contributed by atoms with E-state index in [-0.39, 0.29) is 34.2 Å². The highest BCUT2D eigenvalue weighted by Gasteiger charge is 2.30. The molecule has 2 aromatic rings. The number of para-hydroxylation sites is 1. The van der Waals surface area contributed by atoms with Crippen molar-refractivity contribution < 1.29 is 31.5 Å². The van der Waals surface area contributed by atoms with Gasteiger partial charge in [0.15, 0.2) is 5.75 Å². The minimum Gasteiger partial charge on any atom is -0.478 e. The molecular formula is C22H30N2O7S2. The lowest BCUT2D eigenvalue weighted by Crippen LogP contribution is -2.31. The topological polar surface area (TPSA) is 121 Å². The number of carbonyl (C=O) groups is 1. The Bertz CT molecular complexity index is 1180. The number of unbranched alkanes of at least 4 members (excludes halogenated alkanes) is 1. The molecule has 9 nitrogen and oxygen atoms in total. The lowest BCUT2D eigenvalue weighted by molar-refractivity contribution is 0.0696. The molecule has 0 aliphatic rings. The lowest BCUT2D eigenvalue weighted by atomic mass is 10.1. The molecule has 0 spiro atoms. The average Bonchev–Trinajstić information content (AvgIpc) is 2.73. The Hall–Kier alpha value is -2.63. The van der Waals surface area contributed by atoms with E-state index in [9.17, 15) is 26.7 Å². The Kier molecular flexibility index (Phi) is 8.87. The number of carboxylic acid groups (broad SMARTS) is 1. The predicted octanol–water partition coefficient (Wildman–Crippen LogP) is 3.08. The van der Waals surface area contributed by atoms with Crippen LogP contribution in [0.4, 0.5) is 5.69 Å². The number of benzene rings is 2. The highest BCUT2D eigenvalue weighted by Crippen LogP contribution is 2.40. The van der Waals surface area contributed by atoms with E-state index in [4.69, 9.17) is 4.74 Å². The summed E-state index contributed by atoms with van der Waals surface area (Å²) >= 11 is 0. The van der Waals surface area contributed by atoms with Crippen LogP contribution in [-0.4, -0.2) is 71.4 Å². The molecule has 0 bridgehead atoms. The summed E-state index contributed by atoms with van der Waals surface area (Å²) in [4.78, 5) is 13.2. The van der Waals surface area contributed by atoms with Crippen LogP contribution in [0.25, 0.3) is 0 Å². The second-order valence-corrected chi connectivity index (χ2v) is 12.2. The molecule has 0 fully saturated rings. The van der Waals surface area contributed by atoms with E-state index in [0.717, 1.165) is 23.0 Å². The van der Waals surface area contributed by atoms with Crippen molar-refractivity contribution in [1.82, 2.24) is 4.31 Å². The van der Waals surface area contributed by atoms with E-state index in [2.05, 4.69) is 0 Å². The second-order valence-electron chi connectivity index (χ2n) is 7.80. The fraction of sp³-hybridized carbons (Fsp3) is 0.409. The van der Waals surface area contributed by atoms with Crippen LogP contribution in [0.3, 0.4) is 0 Å². The molecule has 11 heteroatoms. The monoisotopic (exact) mass is 498 g/mol. The zero-order valence-electron chi connectivity index (χ0n) is 19.2. The van der Waals surface area contributed by atoms with Gasteiger partial charge < -0.3 is 14.7 Å². The van der Waals surface area contributed by atoms with Gasteiger partial charge in [-0.2, -0.15) is 0 Å². The maximum absolute atomic E-state index is 13.2. The maximum Gasteiger partial charge on any atom is 0.335 e. The quantitative estimate of drug-likeness (QED) is 0.474. The molecule has 2 aromatic carbocycles. The molecule has 0 aliphatic heterocycles. The smallest absolute Gasteiger partial charge is 0.335 e. The van der Waals surface area contributed by atoms with Gasteiger partial charge in [0.2, 0.25) is 10.0 Å². The summed E-state index contributed by atoms with van der Waals surface area (Å²) in [6.45, 7) is 2.40. The molecule has 0 atom stereocenters. The standard InChI is InChI=1S/C22H30N2O7S2/c1-5-6-12-24(13-14-32(4,27)28)19-15-17(22(25)26)16-20(33(29,30)23(2)3)21(19)31-18-10-8-7-9-11-18/h7-11,15-16H,5-6,12-14H2,1-4H3,(H,25,26). The summed E-state index contributed by atoms with van der Waals surface area (Å²) in [6, 6.07) is 10.9. The molecule has 0 saturated heterocycles. The summed E-state index contributed by atoms with van der Waals surface area (Å²) in [5.41, 5.74) is -0.0389. The van der Waals surface area contributed by atoms with Crippen LogP contribution in [0, 0.1) is 0 Å². The normalized spacial score (nSPS) is 12.0. The summed E-state index contributed by atoms with van der Waals surface area (Å²) < 4.78 is 57.0. The third-order valence-corrected chi connectivity index (χ3v) is 7.60. The summed E-state index contributed by atoms with van der Waals surface area (Å²) in [5.74, 6) is -1.19. The van der Waals surface area contributed by atoms with Crippen LogP contribution in [0.5, 0.6) is 11.5 Å². The Labute approximate surface area is 195 Å². The van der Waals surface area contributed by atoms with Crippen LogP contribution in [-0.2, 0) is 19.9 Å². The van der Waals surface area contributed by atoms with E-state index in [0.29, 0.717) is 18.7 Å². The minimum atomic E-state index is -4.10. The van der Waals surface area contributed by atoms with Crippen molar-refractivity contribution in [3.8, 4) is 11.5 Å². The van der Waals surface area contributed by atoms with Gasteiger partial charge >= 0.3 is 5.97 Å². The SMILES string of the molecule is CCCCN(CCS(C)(=O)=O)c1cc(C(=O)O)cc(S(=O)(=O)N(C)C)c1Oc1ccccc1. The number of carboxylic acids is 1. The average molecular weight is 499 g/mol. The number of nitrogens with zero attached hydrogens (tertiary/aromatic N) is 2. The fourth-order valence-corrected chi connectivity index (χ4v) is 4.62. The van der Waals surface area contributed by atoms with Crippen molar-refractivity contribution in [2.75, 3.05) is 44.1 Å². The van der Waals surface area contributed by atoms with Gasteiger partial charge in [0.25, 0.3) is 0 Å². The minimum absolute atomic E-state index is 0.0501. The first-order valence-electron chi connectivity index (χ1n) is 10.4. The van der Waals surface area contributed by atoms with Crippen molar-refractivity contribution in [1.29, 1.82) is 0 Å². The highest BCUT2D eigenvalue weighted by atomic mass is 32.2. The molecule has 33 heavy (non-hydrogen) atoms. The van der Waals surface area contributed by atoms with Gasteiger partial charge in [0.05, 0.1) is 17.0 Å². The molecule has 0 unspecified atom stereocenters. The van der Waals surface area contributed by atoms with Gasteiger partial charge in [0.1, 0.15) is 20.5 Å². The summed E-state index contributed by atoms with van der Waals surface area (Å²) in [5, 5.41) is 9.67. The molecule has 0 radical (unpaired) electrons. The number of sulfonamides is 1. The number of ether oxygens (including phenoxy) is 1. The van der Waals surface area contributed by atoms with E-state index in [1.54, 1.807) is 35.2 Å². The molecule has 0 aromatic heterocycles. The molecular weight excluding hydrogens is 468 g/mol. The van der Waals surface area contributed by atoms with Gasteiger partial charge in [-0.1, -0.05) is 31.5 Å². The second kappa shape index (κ2) is 11.0. The van der Waals surface area contributed by atoms with Crippen molar-refractivity contribution in [2.24, 2.45) is 0 Å². The predicted molar refractivity (Wildman–Crippen MR) is 128 cm³/mol. The van der Waals surface area contributed by atoms with Crippen LogP contribution >= 0.6 is 0 Å². The third kappa shape index (κ3) is 7.18. The van der Waals surface area contributed by atoms with Gasteiger partial charge in [-0.25, -0.2) is 25.9 Å². The molecule has 1 N–H and O–H groups in total. The maximum atomic E-state index is 13.2. The van der Waals surface area contributed by atoms with E-state index >= 15 is 0 Å². The third-order valence-electron chi connectivity index (χ3n) is 4.86. The lowest BCUT2D eigenvalue weighted by Gasteiger charge is -2.28. The Morgan fingerprint density at radius 2 is 1.67 bits per heavy atom. The first kappa shape index (κ1) is 26.6. The Morgan fingerprint density at radius 1 is 1.03 bits per heavy atom. The molecule has 0 heterocycles. The number of anilines is 1. The number of hydrogen-bond acceptors (Lipinski definition) is 7. The number of aromatic carboxylic acids is 1. The van der Waals surface area contributed by atoms with Crippen molar-refractivity contribution in [3.63, 3.8) is 0 Å².